The molecule has 0 aromatic rings. The Balaban J connectivity index is 2.45. The summed E-state index contributed by atoms with van der Waals surface area (Å²) in [7, 11) is 0. The normalized spacial score (nSPS) is 19.5. The number of nitrogens with zero attached hydrogens (tertiary/aromatic N) is 2. The molecule has 1 rings (SSSR count). The summed E-state index contributed by atoms with van der Waals surface area (Å²) in [5, 5.41) is 3.40. The molecule has 20 heavy (non-hydrogen) atoms. The number of guanidine groups is 1. The number of thioether (sulfide) groups is 1. The second-order valence-corrected chi connectivity index (χ2v) is 8.04. The van der Waals surface area contributed by atoms with Crippen LogP contribution < -0.4 is 5.32 Å². The Labute approximate surface area is 128 Å². The van der Waals surface area contributed by atoms with E-state index in [0.29, 0.717) is 17.3 Å². The summed E-state index contributed by atoms with van der Waals surface area (Å²) in [5.74, 6) is 2.79. The molecule has 1 saturated heterocycles. The molecule has 0 aromatic heterocycles. The minimum absolute atomic E-state index is 0.308. The first-order chi connectivity index (χ1) is 9.44. The molecule has 0 aromatic carbocycles. The van der Waals surface area contributed by atoms with Gasteiger partial charge in [0.2, 0.25) is 0 Å². The average Bonchev–Trinajstić information content (AvgIpc) is 2.35. The van der Waals surface area contributed by atoms with Crippen molar-refractivity contribution in [3.8, 4) is 0 Å². The van der Waals surface area contributed by atoms with Gasteiger partial charge in [-0.2, -0.15) is 11.8 Å². The zero-order valence-electron chi connectivity index (χ0n) is 13.7. The van der Waals surface area contributed by atoms with E-state index in [9.17, 15) is 0 Å². The van der Waals surface area contributed by atoms with E-state index in [1.807, 2.05) is 11.8 Å². The van der Waals surface area contributed by atoms with Gasteiger partial charge >= 0.3 is 0 Å². The van der Waals surface area contributed by atoms with Crippen LogP contribution in [-0.2, 0) is 4.74 Å². The van der Waals surface area contributed by atoms with E-state index in [1.54, 1.807) is 0 Å². The maximum absolute atomic E-state index is 5.59. The molecule has 1 N–H and O–H groups in total. The van der Waals surface area contributed by atoms with Gasteiger partial charge in [-0.25, -0.2) is 0 Å². The highest BCUT2D eigenvalue weighted by Crippen LogP contribution is 2.29. The molecule has 0 unspecified atom stereocenters. The zero-order valence-corrected chi connectivity index (χ0v) is 14.6. The third-order valence-electron chi connectivity index (χ3n) is 3.01. The van der Waals surface area contributed by atoms with Crippen LogP contribution in [0, 0.1) is 5.92 Å². The number of rotatable bonds is 6. The molecular formula is C15H31N3OS. The number of ether oxygens (including phenoxy) is 1. The van der Waals surface area contributed by atoms with Crippen LogP contribution in [0.4, 0.5) is 0 Å². The molecule has 118 valence electrons. The number of hydrogen-bond donors (Lipinski definition) is 1. The highest BCUT2D eigenvalue weighted by atomic mass is 32.2. The van der Waals surface area contributed by atoms with Crippen molar-refractivity contribution >= 4 is 17.7 Å². The summed E-state index contributed by atoms with van der Waals surface area (Å²) in [6.07, 6.45) is 0. The molecule has 5 heteroatoms. The maximum Gasteiger partial charge on any atom is 0.194 e. The third-order valence-corrected chi connectivity index (χ3v) is 4.31. The molecule has 0 spiro atoms. The Kier molecular flexibility index (Phi) is 7.74. The molecule has 0 amide bonds. The van der Waals surface area contributed by atoms with Crippen LogP contribution in [0.25, 0.3) is 0 Å². The predicted octanol–water partition coefficient (Wildman–Crippen LogP) is 2.45. The van der Waals surface area contributed by atoms with Gasteiger partial charge in [0.15, 0.2) is 5.96 Å². The van der Waals surface area contributed by atoms with Crippen molar-refractivity contribution in [1.29, 1.82) is 0 Å². The van der Waals surface area contributed by atoms with E-state index >= 15 is 0 Å². The number of aliphatic imine (C=N–C) groups is 1. The van der Waals surface area contributed by atoms with Gasteiger partial charge in [-0.05, 0) is 26.7 Å². The lowest BCUT2D eigenvalue weighted by molar-refractivity contribution is 0.116. The first kappa shape index (κ1) is 17.6. The van der Waals surface area contributed by atoms with Crippen molar-refractivity contribution in [3.05, 3.63) is 0 Å². The first-order valence-electron chi connectivity index (χ1n) is 7.69. The lowest BCUT2D eigenvalue weighted by Gasteiger charge is -2.39. The molecule has 1 fully saturated rings. The number of nitrogens with one attached hydrogen (secondary N) is 1. The fraction of sp³-hybridized carbons (Fsp3) is 0.933. The van der Waals surface area contributed by atoms with Crippen molar-refractivity contribution in [2.24, 2.45) is 10.9 Å². The molecule has 4 nitrogen and oxygen atoms in total. The smallest absolute Gasteiger partial charge is 0.194 e. The summed E-state index contributed by atoms with van der Waals surface area (Å²) in [5.41, 5.74) is 0. The molecule has 0 bridgehead atoms. The standard InChI is InChI=1S/C15H31N3OS/c1-6-16-14(17-7-9-19-11-13(2)3)18-8-10-20-15(4,5)12-18/h13H,6-12H2,1-5H3,(H,16,17). The van der Waals surface area contributed by atoms with Gasteiger partial charge in [0.25, 0.3) is 0 Å². The zero-order chi connectivity index (χ0) is 15.0. The fourth-order valence-corrected chi connectivity index (χ4v) is 3.27. The van der Waals surface area contributed by atoms with Gasteiger partial charge in [-0.1, -0.05) is 13.8 Å². The van der Waals surface area contributed by atoms with Gasteiger partial charge in [0.1, 0.15) is 0 Å². The van der Waals surface area contributed by atoms with Gasteiger partial charge in [-0.3, -0.25) is 4.99 Å². The van der Waals surface area contributed by atoms with E-state index < -0.39 is 0 Å². The molecular weight excluding hydrogens is 270 g/mol. The summed E-state index contributed by atoms with van der Waals surface area (Å²) in [4.78, 5) is 7.07. The third kappa shape index (κ3) is 6.84. The molecule has 0 saturated carbocycles. The summed E-state index contributed by atoms with van der Waals surface area (Å²) in [6.45, 7) is 16.4. The Morgan fingerprint density at radius 1 is 1.45 bits per heavy atom. The average molecular weight is 302 g/mol. The first-order valence-corrected chi connectivity index (χ1v) is 8.68. The molecule has 1 aliphatic heterocycles. The van der Waals surface area contributed by atoms with Crippen molar-refractivity contribution in [3.63, 3.8) is 0 Å². The number of hydrogen-bond acceptors (Lipinski definition) is 3. The van der Waals surface area contributed by atoms with E-state index in [4.69, 9.17) is 9.73 Å². The van der Waals surface area contributed by atoms with Crippen LogP contribution in [0.2, 0.25) is 0 Å². The van der Waals surface area contributed by atoms with Crippen molar-refractivity contribution in [2.75, 3.05) is 45.1 Å². The van der Waals surface area contributed by atoms with E-state index in [2.05, 4.69) is 44.8 Å². The van der Waals surface area contributed by atoms with Gasteiger partial charge in [-0.15, -0.1) is 0 Å². The van der Waals surface area contributed by atoms with E-state index in [-0.39, 0.29) is 0 Å². The molecule has 0 atom stereocenters. The predicted molar refractivity (Wildman–Crippen MR) is 89.7 cm³/mol. The Morgan fingerprint density at radius 3 is 2.80 bits per heavy atom. The lowest BCUT2D eigenvalue weighted by atomic mass is 10.2. The van der Waals surface area contributed by atoms with Crippen LogP contribution in [-0.4, -0.2) is 60.8 Å². The van der Waals surface area contributed by atoms with Crippen molar-refractivity contribution in [1.82, 2.24) is 10.2 Å². The van der Waals surface area contributed by atoms with Gasteiger partial charge < -0.3 is 15.0 Å². The van der Waals surface area contributed by atoms with E-state index in [1.165, 1.54) is 5.75 Å². The largest absolute Gasteiger partial charge is 0.379 e. The highest BCUT2D eigenvalue weighted by molar-refractivity contribution is 8.00. The van der Waals surface area contributed by atoms with Crippen LogP contribution in [0.15, 0.2) is 4.99 Å². The van der Waals surface area contributed by atoms with Crippen LogP contribution in [0.3, 0.4) is 0 Å². The SMILES string of the molecule is CCNC(=NCCOCC(C)C)N1CCSC(C)(C)C1. The quantitative estimate of drug-likeness (QED) is 0.464. The van der Waals surface area contributed by atoms with Crippen molar-refractivity contribution < 1.29 is 4.74 Å². The second-order valence-electron chi connectivity index (χ2n) is 6.23. The minimum Gasteiger partial charge on any atom is -0.379 e. The van der Waals surface area contributed by atoms with Gasteiger partial charge in [0.05, 0.1) is 13.2 Å². The van der Waals surface area contributed by atoms with Crippen LogP contribution >= 0.6 is 11.8 Å². The minimum atomic E-state index is 0.308. The van der Waals surface area contributed by atoms with Crippen LogP contribution in [0.1, 0.15) is 34.6 Å². The topological polar surface area (TPSA) is 36.9 Å². The highest BCUT2D eigenvalue weighted by Gasteiger charge is 2.28. The molecule has 1 aliphatic rings. The Bertz CT molecular complexity index is 305. The monoisotopic (exact) mass is 301 g/mol. The van der Waals surface area contributed by atoms with Crippen molar-refractivity contribution in [2.45, 2.75) is 39.4 Å². The maximum atomic E-state index is 5.59. The molecule has 1 heterocycles. The summed E-state index contributed by atoms with van der Waals surface area (Å²) in [6, 6.07) is 0. The van der Waals surface area contributed by atoms with Gasteiger partial charge in [0, 0.05) is 36.7 Å². The van der Waals surface area contributed by atoms with Crippen LogP contribution in [0.5, 0.6) is 0 Å². The lowest BCUT2D eigenvalue weighted by Crippen LogP contribution is -2.51. The molecule has 0 aliphatic carbocycles. The second kappa shape index (κ2) is 8.78. The Hall–Kier alpha value is -0.420. The molecule has 0 radical (unpaired) electrons. The Morgan fingerprint density at radius 2 is 2.20 bits per heavy atom. The summed E-state index contributed by atoms with van der Waals surface area (Å²) < 4.78 is 5.90. The van der Waals surface area contributed by atoms with E-state index in [0.717, 1.165) is 38.7 Å². The fourth-order valence-electron chi connectivity index (χ4n) is 2.16. The summed E-state index contributed by atoms with van der Waals surface area (Å²) >= 11 is 2.05.